The van der Waals surface area contributed by atoms with E-state index in [1.54, 1.807) is 41.5 Å². The molecule has 0 heterocycles. The Balaban J connectivity index is 3.53. The molecule has 8 nitrogen and oxygen atoms in total. The van der Waals surface area contributed by atoms with Crippen LogP contribution in [-0.2, 0) is 9.47 Å². The zero-order valence-electron chi connectivity index (χ0n) is 15.2. The number of carboxylic acid groups (broad SMARTS) is 1. The van der Waals surface area contributed by atoms with Crippen LogP contribution in [0.15, 0.2) is 6.07 Å². The predicted molar refractivity (Wildman–Crippen MR) is 92.6 cm³/mol. The van der Waals surface area contributed by atoms with Crippen LogP contribution in [0.5, 0.6) is 0 Å². The van der Waals surface area contributed by atoms with Gasteiger partial charge < -0.3 is 26.0 Å². The van der Waals surface area contributed by atoms with E-state index in [0.717, 1.165) is 6.07 Å². The number of nitrogen functional groups attached to an aromatic ring is 2. The quantitative estimate of drug-likeness (QED) is 0.556. The van der Waals surface area contributed by atoms with Gasteiger partial charge >= 0.3 is 17.9 Å². The van der Waals surface area contributed by atoms with E-state index >= 15 is 0 Å². The summed E-state index contributed by atoms with van der Waals surface area (Å²) in [6.45, 7) is 9.83. The first-order valence-electron chi connectivity index (χ1n) is 7.56. The second kappa shape index (κ2) is 6.62. The van der Waals surface area contributed by atoms with Crippen LogP contribution in [0, 0.1) is 0 Å². The fourth-order valence-corrected chi connectivity index (χ4v) is 1.94. The van der Waals surface area contributed by atoms with Gasteiger partial charge in [-0.15, -0.1) is 0 Å². The minimum atomic E-state index is -1.45. The molecule has 0 atom stereocenters. The lowest BCUT2D eigenvalue weighted by molar-refractivity contribution is 0.00518. The van der Waals surface area contributed by atoms with Crippen molar-refractivity contribution in [2.24, 2.45) is 0 Å². The van der Waals surface area contributed by atoms with Gasteiger partial charge in [-0.05, 0) is 47.6 Å². The molecular formula is C17H24N2O6. The first-order chi connectivity index (χ1) is 11.1. The fourth-order valence-electron chi connectivity index (χ4n) is 1.94. The van der Waals surface area contributed by atoms with Crippen LogP contribution in [0.25, 0.3) is 0 Å². The number of hydrogen-bond acceptors (Lipinski definition) is 7. The number of nitrogens with two attached hydrogens (primary N) is 2. The molecule has 25 heavy (non-hydrogen) atoms. The summed E-state index contributed by atoms with van der Waals surface area (Å²) in [4.78, 5) is 36.1. The molecule has 0 aromatic heterocycles. The van der Waals surface area contributed by atoms with Crippen molar-refractivity contribution in [3.05, 3.63) is 22.8 Å². The summed E-state index contributed by atoms with van der Waals surface area (Å²) in [6.07, 6.45) is 0. The molecule has 0 unspecified atom stereocenters. The van der Waals surface area contributed by atoms with Crippen molar-refractivity contribution < 1.29 is 29.0 Å². The van der Waals surface area contributed by atoms with Crippen molar-refractivity contribution in [1.29, 1.82) is 0 Å². The summed E-state index contributed by atoms with van der Waals surface area (Å²) < 4.78 is 10.4. The lowest BCUT2D eigenvalue weighted by Crippen LogP contribution is -2.28. The molecule has 1 aromatic carbocycles. The molecule has 8 heteroatoms. The third kappa shape index (κ3) is 5.10. The molecule has 0 bridgehead atoms. The van der Waals surface area contributed by atoms with Crippen molar-refractivity contribution in [2.45, 2.75) is 52.7 Å². The second-order valence-electron chi connectivity index (χ2n) is 7.48. The number of benzene rings is 1. The van der Waals surface area contributed by atoms with E-state index in [4.69, 9.17) is 20.9 Å². The van der Waals surface area contributed by atoms with E-state index in [2.05, 4.69) is 0 Å². The van der Waals surface area contributed by atoms with Gasteiger partial charge in [-0.2, -0.15) is 0 Å². The van der Waals surface area contributed by atoms with Crippen LogP contribution in [0.3, 0.4) is 0 Å². The second-order valence-corrected chi connectivity index (χ2v) is 7.48. The van der Waals surface area contributed by atoms with Crippen LogP contribution in [-0.4, -0.2) is 34.2 Å². The van der Waals surface area contributed by atoms with Gasteiger partial charge in [0.25, 0.3) is 0 Å². The van der Waals surface area contributed by atoms with E-state index in [0.29, 0.717) is 0 Å². The third-order valence-electron chi connectivity index (χ3n) is 2.86. The maximum atomic E-state index is 12.3. The van der Waals surface area contributed by atoms with Gasteiger partial charge in [0.05, 0.1) is 28.1 Å². The number of esters is 2. The van der Waals surface area contributed by atoms with E-state index in [-0.39, 0.29) is 16.9 Å². The molecule has 5 N–H and O–H groups in total. The molecule has 0 saturated carbocycles. The van der Waals surface area contributed by atoms with Crippen LogP contribution in [0.1, 0.15) is 72.6 Å². The number of rotatable bonds is 3. The molecule has 138 valence electrons. The van der Waals surface area contributed by atoms with E-state index < -0.39 is 40.2 Å². The Bertz CT molecular complexity index is 726. The Labute approximate surface area is 146 Å². The fraction of sp³-hybridized carbons (Fsp3) is 0.471. The van der Waals surface area contributed by atoms with Gasteiger partial charge in [0.2, 0.25) is 0 Å². The Morgan fingerprint density at radius 1 is 0.840 bits per heavy atom. The Hall–Kier alpha value is -2.77. The zero-order chi connectivity index (χ0) is 19.7. The molecule has 1 aromatic rings. The van der Waals surface area contributed by atoms with Crippen LogP contribution in [0.2, 0.25) is 0 Å². The third-order valence-corrected chi connectivity index (χ3v) is 2.86. The standard InChI is InChI=1S/C17H24N2O6/c1-16(2,3)24-14(22)9-7-8(13(20)21)10(12(19)11(9)18)15(23)25-17(4,5)6/h7H,18-19H2,1-6H3,(H,20,21). The van der Waals surface area contributed by atoms with Gasteiger partial charge in [-0.25, -0.2) is 14.4 Å². The number of anilines is 2. The Morgan fingerprint density at radius 3 is 1.68 bits per heavy atom. The van der Waals surface area contributed by atoms with Gasteiger partial charge in [-0.3, -0.25) is 0 Å². The molecule has 0 spiro atoms. The molecule has 0 amide bonds. The van der Waals surface area contributed by atoms with Crippen LogP contribution >= 0.6 is 0 Å². The molecule has 0 aliphatic heterocycles. The van der Waals surface area contributed by atoms with E-state index in [9.17, 15) is 19.5 Å². The van der Waals surface area contributed by atoms with Crippen LogP contribution in [0.4, 0.5) is 11.4 Å². The number of hydrogen-bond donors (Lipinski definition) is 3. The number of carbonyl (C=O) groups excluding carboxylic acids is 2. The molecule has 0 aliphatic carbocycles. The zero-order valence-corrected chi connectivity index (χ0v) is 15.2. The monoisotopic (exact) mass is 352 g/mol. The summed E-state index contributed by atoms with van der Waals surface area (Å²) >= 11 is 0. The SMILES string of the molecule is CC(C)(C)OC(=O)c1cc(C(=O)O)c(C(=O)OC(C)(C)C)c(N)c1N. The average molecular weight is 352 g/mol. The first kappa shape index (κ1) is 20.3. The molecule has 0 fully saturated rings. The normalized spacial score (nSPS) is 11.8. The van der Waals surface area contributed by atoms with Crippen molar-refractivity contribution in [1.82, 2.24) is 0 Å². The molecule has 1 rings (SSSR count). The molecule has 0 radical (unpaired) electrons. The largest absolute Gasteiger partial charge is 0.478 e. The summed E-state index contributed by atoms with van der Waals surface area (Å²) in [7, 11) is 0. The van der Waals surface area contributed by atoms with Crippen molar-refractivity contribution in [3.63, 3.8) is 0 Å². The van der Waals surface area contributed by atoms with Gasteiger partial charge in [0.15, 0.2) is 0 Å². The highest BCUT2D eigenvalue weighted by molar-refractivity contribution is 6.12. The summed E-state index contributed by atoms with van der Waals surface area (Å²) in [5, 5.41) is 9.41. The Morgan fingerprint density at radius 2 is 1.28 bits per heavy atom. The molecule has 0 saturated heterocycles. The maximum absolute atomic E-state index is 12.3. The van der Waals surface area contributed by atoms with E-state index in [1.165, 1.54) is 0 Å². The number of ether oxygens (including phenoxy) is 2. The highest BCUT2D eigenvalue weighted by Crippen LogP contribution is 2.31. The highest BCUT2D eigenvalue weighted by Gasteiger charge is 2.30. The molecule has 0 aliphatic rings. The van der Waals surface area contributed by atoms with Gasteiger partial charge in [0, 0.05) is 0 Å². The summed E-state index contributed by atoms with van der Waals surface area (Å²) in [5.74, 6) is -3.22. The average Bonchev–Trinajstić information content (AvgIpc) is 2.36. The topological polar surface area (TPSA) is 142 Å². The van der Waals surface area contributed by atoms with Crippen molar-refractivity contribution in [2.75, 3.05) is 11.5 Å². The number of aromatic carboxylic acids is 1. The first-order valence-corrected chi connectivity index (χ1v) is 7.56. The van der Waals surface area contributed by atoms with Crippen molar-refractivity contribution >= 4 is 29.3 Å². The summed E-state index contributed by atoms with van der Waals surface area (Å²) in [6, 6.07) is 0.974. The van der Waals surface area contributed by atoms with Gasteiger partial charge in [0.1, 0.15) is 11.2 Å². The highest BCUT2D eigenvalue weighted by atomic mass is 16.6. The van der Waals surface area contributed by atoms with Gasteiger partial charge in [-0.1, -0.05) is 0 Å². The lowest BCUT2D eigenvalue weighted by atomic mass is 9.98. The van der Waals surface area contributed by atoms with E-state index in [1.807, 2.05) is 0 Å². The summed E-state index contributed by atoms with van der Waals surface area (Å²) in [5.41, 5.74) is 8.34. The number of carbonyl (C=O) groups is 3. The van der Waals surface area contributed by atoms with Crippen molar-refractivity contribution in [3.8, 4) is 0 Å². The smallest absolute Gasteiger partial charge is 0.341 e. The van der Waals surface area contributed by atoms with Crippen LogP contribution < -0.4 is 11.5 Å². The Kier molecular flexibility index (Phi) is 5.37. The predicted octanol–water partition coefficient (Wildman–Crippen LogP) is 2.46. The number of carboxylic acids is 1. The minimum absolute atomic E-state index is 0.225. The minimum Gasteiger partial charge on any atom is -0.478 e. The lowest BCUT2D eigenvalue weighted by Gasteiger charge is -2.23. The molecular weight excluding hydrogens is 328 g/mol. The maximum Gasteiger partial charge on any atom is 0.341 e.